The van der Waals surface area contributed by atoms with Gasteiger partial charge < -0.3 is 5.32 Å². The van der Waals surface area contributed by atoms with Crippen molar-refractivity contribution in [2.45, 2.75) is 58.4 Å². The lowest BCUT2D eigenvalue weighted by molar-refractivity contribution is 0.391. The van der Waals surface area contributed by atoms with E-state index in [0.29, 0.717) is 12.0 Å². The van der Waals surface area contributed by atoms with Crippen LogP contribution in [0.1, 0.15) is 50.9 Å². The second-order valence-electron chi connectivity index (χ2n) is 5.64. The minimum atomic E-state index is 0.663. The Morgan fingerprint density at radius 2 is 2.16 bits per heavy atom. The smallest absolute Gasteiger partial charge is 0.0849 e. The van der Waals surface area contributed by atoms with Crippen LogP contribution in [-0.4, -0.2) is 22.4 Å². The highest BCUT2D eigenvalue weighted by molar-refractivity contribution is 6.31. The molecule has 1 aliphatic carbocycles. The fourth-order valence-corrected chi connectivity index (χ4v) is 3.54. The normalized spacial score (nSPS) is 23.2. The van der Waals surface area contributed by atoms with Crippen LogP contribution in [0.4, 0.5) is 0 Å². The highest BCUT2D eigenvalue weighted by atomic mass is 35.5. The Balaban J connectivity index is 2.05. The SMILES string of the molecule is CCCNC1CCCC1Cc1c(Cl)c(CC)nn1C. The molecule has 0 amide bonds. The third-order valence-electron chi connectivity index (χ3n) is 4.27. The molecule has 2 unspecified atom stereocenters. The molecular formula is C15H26ClN3. The largest absolute Gasteiger partial charge is 0.314 e. The van der Waals surface area contributed by atoms with E-state index in [4.69, 9.17) is 11.6 Å². The van der Waals surface area contributed by atoms with Gasteiger partial charge in [0, 0.05) is 13.1 Å². The van der Waals surface area contributed by atoms with Crippen LogP contribution in [0.2, 0.25) is 5.02 Å². The van der Waals surface area contributed by atoms with Crippen molar-refractivity contribution in [3.05, 3.63) is 16.4 Å². The predicted octanol–water partition coefficient (Wildman–Crippen LogP) is 3.35. The number of hydrogen-bond acceptors (Lipinski definition) is 2. The van der Waals surface area contributed by atoms with Crippen molar-refractivity contribution in [1.82, 2.24) is 15.1 Å². The molecule has 3 nitrogen and oxygen atoms in total. The first-order valence-corrected chi connectivity index (χ1v) is 7.98. The molecule has 1 aromatic rings. The summed E-state index contributed by atoms with van der Waals surface area (Å²) in [5.74, 6) is 0.712. The summed E-state index contributed by atoms with van der Waals surface area (Å²) in [6.07, 6.45) is 7.13. The number of nitrogens with zero attached hydrogens (tertiary/aromatic N) is 2. The molecule has 0 spiro atoms. The molecule has 0 aromatic carbocycles. The molecule has 0 bridgehead atoms. The summed E-state index contributed by atoms with van der Waals surface area (Å²) < 4.78 is 1.98. The van der Waals surface area contributed by atoms with Gasteiger partial charge in [-0.2, -0.15) is 5.10 Å². The summed E-state index contributed by atoms with van der Waals surface area (Å²) in [4.78, 5) is 0. The van der Waals surface area contributed by atoms with Crippen LogP contribution in [0.5, 0.6) is 0 Å². The van der Waals surface area contributed by atoms with Crippen LogP contribution < -0.4 is 5.32 Å². The fourth-order valence-electron chi connectivity index (χ4n) is 3.17. The summed E-state index contributed by atoms with van der Waals surface area (Å²) in [5.41, 5.74) is 2.25. The van der Waals surface area contributed by atoms with Gasteiger partial charge in [0.15, 0.2) is 0 Å². The van der Waals surface area contributed by atoms with E-state index in [0.717, 1.165) is 30.1 Å². The molecule has 4 heteroatoms. The molecule has 2 atom stereocenters. The van der Waals surface area contributed by atoms with Gasteiger partial charge in [0.05, 0.1) is 16.4 Å². The van der Waals surface area contributed by atoms with Crippen LogP contribution >= 0.6 is 11.6 Å². The van der Waals surface area contributed by atoms with E-state index in [1.54, 1.807) is 0 Å². The van der Waals surface area contributed by atoms with E-state index in [2.05, 4.69) is 24.3 Å². The van der Waals surface area contributed by atoms with E-state index in [1.165, 1.54) is 31.4 Å². The van der Waals surface area contributed by atoms with Crippen LogP contribution in [-0.2, 0) is 19.9 Å². The van der Waals surface area contributed by atoms with E-state index in [1.807, 2.05) is 11.7 Å². The number of hydrogen-bond donors (Lipinski definition) is 1. The molecule has 1 aromatic heterocycles. The van der Waals surface area contributed by atoms with Gasteiger partial charge in [-0.15, -0.1) is 0 Å². The van der Waals surface area contributed by atoms with Crippen molar-refractivity contribution in [3.63, 3.8) is 0 Å². The average Bonchev–Trinajstić information content (AvgIpc) is 2.95. The molecular weight excluding hydrogens is 258 g/mol. The number of aromatic nitrogens is 2. The third kappa shape index (κ3) is 3.32. The van der Waals surface area contributed by atoms with Crippen molar-refractivity contribution in [2.75, 3.05) is 6.54 Å². The minimum absolute atomic E-state index is 0.663. The number of nitrogens with one attached hydrogen (secondary N) is 1. The number of halogens is 1. The van der Waals surface area contributed by atoms with Gasteiger partial charge >= 0.3 is 0 Å². The van der Waals surface area contributed by atoms with E-state index < -0.39 is 0 Å². The van der Waals surface area contributed by atoms with Crippen LogP contribution in [0, 0.1) is 5.92 Å². The lowest BCUT2D eigenvalue weighted by Crippen LogP contribution is -2.34. The van der Waals surface area contributed by atoms with Crippen molar-refractivity contribution >= 4 is 11.6 Å². The molecule has 1 aliphatic rings. The van der Waals surface area contributed by atoms with Gasteiger partial charge in [-0.3, -0.25) is 4.68 Å². The summed E-state index contributed by atoms with van der Waals surface area (Å²) in [6, 6.07) is 0.663. The second kappa shape index (κ2) is 6.76. The third-order valence-corrected chi connectivity index (χ3v) is 4.71. The average molecular weight is 284 g/mol. The van der Waals surface area contributed by atoms with Crippen LogP contribution in [0.3, 0.4) is 0 Å². The summed E-state index contributed by atoms with van der Waals surface area (Å²) in [5, 5.41) is 9.11. The monoisotopic (exact) mass is 283 g/mol. The van der Waals surface area contributed by atoms with Crippen molar-refractivity contribution in [3.8, 4) is 0 Å². The second-order valence-corrected chi connectivity index (χ2v) is 6.02. The zero-order chi connectivity index (χ0) is 13.8. The number of aryl methyl sites for hydroxylation is 2. The summed E-state index contributed by atoms with van der Waals surface area (Å²) >= 11 is 6.46. The molecule has 2 rings (SSSR count). The molecule has 1 saturated carbocycles. The molecule has 1 N–H and O–H groups in total. The van der Waals surface area contributed by atoms with Crippen molar-refractivity contribution in [1.29, 1.82) is 0 Å². The standard InChI is InChI=1S/C15H26ClN3/c1-4-9-17-13-8-6-7-11(13)10-14-15(16)12(5-2)18-19(14)3/h11,13,17H,4-10H2,1-3H3. The first-order chi connectivity index (χ1) is 9.17. The lowest BCUT2D eigenvalue weighted by Gasteiger charge is -2.21. The maximum Gasteiger partial charge on any atom is 0.0849 e. The van der Waals surface area contributed by atoms with Crippen molar-refractivity contribution in [2.24, 2.45) is 13.0 Å². The zero-order valence-electron chi connectivity index (χ0n) is 12.4. The molecule has 19 heavy (non-hydrogen) atoms. The van der Waals surface area contributed by atoms with Crippen LogP contribution in [0.15, 0.2) is 0 Å². The maximum absolute atomic E-state index is 6.46. The summed E-state index contributed by atoms with van der Waals surface area (Å²) in [6.45, 7) is 5.46. The Morgan fingerprint density at radius 3 is 2.79 bits per heavy atom. The molecule has 0 saturated heterocycles. The molecule has 1 heterocycles. The number of rotatable bonds is 6. The Kier molecular flexibility index (Phi) is 5.28. The summed E-state index contributed by atoms with van der Waals surface area (Å²) in [7, 11) is 2.02. The first-order valence-electron chi connectivity index (χ1n) is 7.61. The minimum Gasteiger partial charge on any atom is -0.314 e. The Morgan fingerprint density at radius 1 is 1.37 bits per heavy atom. The van der Waals surface area contributed by atoms with Crippen molar-refractivity contribution < 1.29 is 0 Å². The fraction of sp³-hybridized carbons (Fsp3) is 0.800. The van der Waals surface area contributed by atoms with Gasteiger partial charge in [-0.1, -0.05) is 31.9 Å². The Hall–Kier alpha value is -0.540. The quantitative estimate of drug-likeness (QED) is 0.868. The molecule has 0 aliphatic heterocycles. The van der Waals surface area contributed by atoms with Crippen LogP contribution in [0.25, 0.3) is 0 Å². The molecule has 108 valence electrons. The van der Waals surface area contributed by atoms with E-state index >= 15 is 0 Å². The Bertz CT molecular complexity index is 414. The maximum atomic E-state index is 6.46. The van der Waals surface area contributed by atoms with E-state index in [9.17, 15) is 0 Å². The van der Waals surface area contributed by atoms with Gasteiger partial charge in [0.25, 0.3) is 0 Å². The topological polar surface area (TPSA) is 29.9 Å². The lowest BCUT2D eigenvalue weighted by atomic mass is 9.97. The van der Waals surface area contributed by atoms with Gasteiger partial charge in [0.2, 0.25) is 0 Å². The molecule has 1 fully saturated rings. The highest BCUT2D eigenvalue weighted by Gasteiger charge is 2.28. The van der Waals surface area contributed by atoms with Gasteiger partial charge in [0.1, 0.15) is 0 Å². The van der Waals surface area contributed by atoms with Gasteiger partial charge in [-0.05, 0) is 44.6 Å². The predicted molar refractivity (Wildman–Crippen MR) is 80.7 cm³/mol. The highest BCUT2D eigenvalue weighted by Crippen LogP contribution is 2.32. The first kappa shape index (κ1) is 14.9. The molecule has 0 radical (unpaired) electrons. The van der Waals surface area contributed by atoms with E-state index in [-0.39, 0.29) is 0 Å². The van der Waals surface area contributed by atoms with Gasteiger partial charge in [-0.25, -0.2) is 0 Å². The Labute approximate surface area is 121 Å². The zero-order valence-corrected chi connectivity index (χ0v) is 13.1.